The average Bonchev–Trinajstić information content (AvgIpc) is 2.86. The summed E-state index contributed by atoms with van der Waals surface area (Å²) in [6.45, 7) is 3.46. The fraction of sp³-hybridized carbons (Fsp3) is 0.364. The lowest BCUT2D eigenvalue weighted by molar-refractivity contribution is -0.119. The smallest absolute Gasteiger partial charge is 0.237 e. The van der Waals surface area contributed by atoms with Crippen molar-refractivity contribution in [1.82, 2.24) is 15.1 Å². The molecule has 5 nitrogen and oxygen atoms in total. The number of Topliss-reactive ketones (excluding diaryl/α,β-unsaturated/α-hetero) is 1. The van der Waals surface area contributed by atoms with Gasteiger partial charge in [0.05, 0.1) is 11.6 Å². The van der Waals surface area contributed by atoms with Crippen molar-refractivity contribution in [1.29, 1.82) is 0 Å². The van der Waals surface area contributed by atoms with E-state index in [0.717, 1.165) is 5.69 Å². The molecule has 2 rings (SSSR count). The van der Waals surface area contributed by atoms with Gasteiger partial charge in [-0.25, -0.2) is 0 Å². The van der Waals surface area contributed by atoms with Crippen LogP contribution in [0.3, 0.4) is 0 Å². The maximum Gasteiger partial charge on any atom is 0.237 e. The number of ketones is 1. The molecule has 0 aliphatic heterocycles. The van der Waals surface area contributed by atoms with E-state index in [1.54, 1.807) is 6.20 Å². The van der Waals surface area contributed by atoms with E-state index in [1.807, 2.05) is 19.1 Å². The van der Waals surface area contributed by atoms with E-state index < -0.39 is 0 Å². The first-order valence-electron chi connectivity index (χ1n) is 5.20. The largest absolute Gasteiger partial charge is 0.359 e. The third-order valence-electron chi connectivity index (χ3n) is 2.48. The highest BCUT2D eigenvalue weighted by atomic mass is 16.5. The SMILES string of the molecule is CCC(C(C)=O)c1nc(-c2ccc[nH]2)no1. The summed E-state index contributed by atoms with van der Waals surface area (Å²) in [7, 11) is 0. The molecular weight excluding hydrogens is 206 g/mol. The maximum absolute atomic E-state index is 11.3. The Kier molecular flexibility index (Phi) is 2.85. The lowest BCUT2D eigenvalue weighted by atomic mass is 10.0. The van der Waals surface area contributed by atoms with Gasteiger partial charge in [-0.3, -0.25) is 4.79 Å². The Morgan fingerprint density at radius 1 is 1.62 bits per heavy atom. The van der Waals surface area contributed by atoms with Gasteiger partial charge in [-0.2, -0.15) is 4.98 Å². The van der Waals surface area contributed by atoms with E-state index in [9.17, 15) is 4.79 Å². The van der Waals surface area contributed by atoms with Gasteiger partial charge in [0.15, 0.2) is 0 Å². The highest BCUT2D eigenvalue weighted by Crippen LogP contribution is 2.21. The molecule has 0 saturated carbocycles. The van der Waals surface area contributed by atoms with Crippen molar-refractivity contribution in [3.8, 4) is 11.5 Å². The van der Waals surface area contributed by atoms with Crippen LogP contribution in [0, 0.1) is 0 Å². The Morgan fingerprint density at radius 3 is 3.00 bits per heavy atom. The summed E-state index contributed by atoms with van der Waals surface area (Å²) in [5, 5.41) is 3.84. The van der Waals surface area contributed by atoms with E-state index in [1.165, 1.54) is 6.92 Å². The second-order valence-electron chi connectivity index (χ2n) is 3.61. The van der Waals surface area contributed by atoms with E-state index in [-0.39, 0.29) is 11.7 Å². The maximum atomic E-state index is 11.3. The van der Waals surface area contributed by atoms with Crippen LogP contribution in [0.15, 0.2) is 22.9 Å². The van der Waals surface area contributed by atoms with Crippen molar-refractivity contribution in [3.63, 3.8) is 0 Å². The third-order valence-corrected chi connectivity index (χ3v) is 2.48. The zero-order valence-electron chi connectivity index (χ0n) is 9.23. The quantitative estimate of drug-likeness (QED) is 0.855. The Labute approximate surface area is 92.9 Å². The molecule has 2 aromatic heterocycles. The number of H-pyrrole nitrogens is 1. The molecule has 1 N–H and O–H groups in total. The minimum absolute atomic E-state index is 0.0455. The van der Waals surface area contributed by atoms with E-state index in [4.69, 9.17) is 4.52 Å². The second-order valence-corrected chi connectivity index (χ2v) is 3.61. The Hall–Kier alpha value is -1.91. The lowest BCUT2D eigenvalue weighted by Gasteiger charge is -2.03. The van der Waals surface area contributed by atoms with Crippen molar-refractivity contribution < 1.29 is 9.32 Å². The van der Waals surface area contributed by atoms with Gasteiger partial charge in [0.1, 0.15) is 5.78 Å². The highest BCUT2D eigenvalue weighted by molar-refractivity contribution is 5.82. The number of nitrogens with one attached hydrogen (secondary N) is 1. The van der Waals surface area contributed by atoms with Crippen molar-refractivity contribution in [2.75, 3.05) is 0 Å². The third kappa shape index (κ3) is 1.88. The van der Waals surface area contributed by atoms with Crippen LogP contribution < -0.4 is 0 Å². The molecule has 0 saturated heterocycles. The average molecular weight is 219 g/mol. The van der Waals surface area contributed by atoms with Crippen LogP contribution in [0.25, 0.3) is 11.5 Å². The van der Waals surface area contributed by atoms with Gasteiger partial charge < -0.3 is 9.51 Å². The number of hydrogen-bond acceptors (Lipinski definition) is 4. The van der Waals surface area contributed by atoms with Crippen LogP contribution in [-0.4, -0.2) is 20.9 Å². The molecule has 16 heavy (non-hydrogen) atoms. The monoisotopic (exact) mass is 219 g/mol. The van der Waals surface area contributed by atoms with E-state index in [0.29, 0.717) is 18.1 Å². The fourth-order valence-corrected chi connectivity index (χ4v) is 1.59. The molecule has 0 bridgehead atoms. The molecule has 1 unspecified atom stereocenters. The number of rotatable bonds is 4. The topological polar surface area (TPSA) is 71.8 Å². The summed E-state index contributed by atoms with van der Waals surface area (Å²) in [5.41, 5.74) is 0.786. The van der Waals surface area contributed by atoms with E-state index >= 15 is 0 Å². The first-order valence-corrected chi connectivity index (χ1v) is 5.20. The molecule has 0 aromatic carbocycles. The van der Waals surface area contributed by atoms with Gasteiger partial charge in [0, 0.05) is 6.20 Å². The number of carbonyl (C=O) groups is 1. The Bertz CT molecular complexity index is 473. The summed E-state index contributed by atoms with van der Waals surface area (Å²) in [4.78, 5) is 18.5. The molecule has 0 spiro atoms. The molecule has 2 heterocycles. The minimum Gasteiger partial charge on any atom is -0.359 e. The van der Waals surface area contributed by atoms with Crippen LogP contribution in [0.4, 0.5) is 0 Å². The molecule has 1 atom stereocenters. The Morgan fingerprint density at radius 2 is 2.44 bits per heavy atom. The summed E-state index contributed by atoms with van der Waals surface area (Å²) in [5.74, 6) is 0.625. The van der Waals surface area contributed by atoms with Crippen LogP contribution in [0.1, 0.15) is 32.1 Å². The highest BCUT2D eigenvalue weighted by Gasteiger charge is 2.22. The van der Waals surface area contributed by atoms with Gasteiger partial charge in [-0.05, 0) is 25.5 Å². The minimum atomic E-state index is -0.295. The first kappa shape index (κ1) is 10.6. The normalized spacial score (nSPS) is 12.6. The molecule has 2 aromatic rings. The predicted octanol–water partition coefficient (Wildman–Crippen LogP) is 2.15. The zero-order chi connectivity index (χ0) is 11.5. The number of nitrogens with zero attached hydrogens (tertiary/aromatic N) is 2. The van der Waals surface area contributed by atoms with Crippen molar-refractivity contribution in [2.24, 2.45) is 0 Å². The van der Waals surface area contributed by atoms with Crippen LogP contribution in [0.2, 0.25) is 0 Å². The van der Waals surface area contributed by atoms with Gasteiger partial charge in [-0.1, -0.05) is 12.1 Å². The van der Waals surface area contributed by atoms with Gasteiger partial charge in [-0.15, -0.1) is 0 Å². The number of aromatic amines is 1. The Balaban J connectivity index is 2.29. The van der Waals surface area contributed by atoms with E-state index in [2.05, 4.69) is 15.1 Å². The first-order chi connectivity index (χ1) is 7.72. The summed E-state index contributed by atoms with van der Waals surface area (Å²) in [6.07, 6.45) is 2.45. The molecular formula is C11H13N3O2. The number of hydrogen-bond donors (Lipinski definition) is 1. The molecule has 0 radical (unpaired) electrons. The van der Waals surface area contributed by atoms with Crippen molar-refractivity contribution in [2.45, 2.75) is 26.2 Å². The molecule has 5 heteroatoms. The molecule has 0 amide bonds. The standard InChI is InChI=1S/C11H13N3O2/c1-3-8(7(2)15)11-13-10(14-16-11)9-5-4-6-12-9/h4-6,8,12H,3H2,1-2H3. The number of aromatic nitrogens is 3. The van der Waals surface area contributed by atoms with Crippen LogP contribution in [-0.2, 0) is 4.79 Å². The fourth-order valence-electron chi connectivity index (χ4n) is 1.59. The van der Waals surface area contributed by atoms with Crippen LogP contribution in [0.5, 0.6) is 0 Å². The molecule has 0 aliphatic rings. The summed E-state index contributed by atoms with van der Waals surface area (Å²) < 4.78 is 5.10. The number of carbonyl (C=O) groups excluding carboxylic acids is 1. The van der Waals surface area contributed by atoms with Gasteiger partial charge in [0.25, 0.3) is 0 Å². The van der Waals surface area contributed by atoms with Crippen molar-refractivity contribution in [3.05, 3.63) is 24.2 Å². The van der Waals surface area contributed by atoms with Gasteiger partial charge >= 0.3 is 0 Å². The molecule has 84 valence electrons. The van der Waals surface area contributed by atoms with Crippen molar-refractivity contribution >= 4 is 5.78 Å². The summed E-state index contributed by atoms with van der Waals surface area (Å²) in [6, 6.07) is 3.71. The lowest BCUT2D eigenvalue weighted by Crippen LogP contribution is -2.07. The summed E-state index contributed by atoms with van der Waals surface area (Å²) >= 11 is 0. The predicted molar refractivity (Wildman–Crippen MR) is 57.8 cm³/mol. The van der Waals surface area contributed by atoms with Gasteiger partial charge in [0.2, 0.25) is 11.7 Å². The molecule has 0 fully saturated rings. The zero-order valence-corrected chi connectivity index (χ0v) is 9.23. The molecule has 0 aliphatic carbocycles. The van der Waals surface area contributed by atoms with Crippen LogP contribution >= 0.6 is 0 Å². The second kappa shape index (κ2) is 4.30.